The number of nitrogens with two attached hydrogens (primary N) is 2. The van der Waals surface area contributed by atoms with Gasteiger partial charge < -0.3 is 20.9 Å². The number of hydrogen-bond donors (Lipinski definition) is 2. The Morgan fingerprint density at radius 2 is 0.972 bits per heavy atom. The molecule has 0 aliphatic heterocycles. The van der Waals surface area contributed by atoms with Crippen LogP contribution in [-0.2, 0) is 0 Å². The molecule has 0 radical (unpaired) electrons. The van der Waals surface area contributed by atoms with E-state index in [1.54, 1.807) is 0 Å². The first-order chi connectivity index (χ1) is 17.2. The van der Waals surface area contributed by atoms with Crippen molar-refractivity contribution in [1.82, 2.24) is 0 Å². The van der Waals surface area contributed by atoms with Gasteiger partial charge in [0.1, 0.15) is 17.1 Å². The molecule has 0 spiro atoms. The van der Waals surface area contributed by atoms with Crippen molar-refractivity contribution in [2.45, 2.75) is 0 Å². The number of nitrogen functional groups attached to an aromatic ring is 2. The van der Waals surface area contributed by atoms with Gasteiger partial charge >= 0.3 is 11.9 Å². The van der Waals surface area contributed by atoms with Gasteiger partial charge in [0.25, 0.3) is 0 Å². The number of ether oxygens (including phenoxy) is 2. The van der Waals surface area contributed by atoms with Gasteiger partial charge in [-0.3, -0.25) is 0 Å². The van der Waals surface area contributed by atoms with Crippen LogP contribution in [0.1, 0.15) is 20.7 Å². The van der Waals surface area contributed by atoms with Gasteiger partial charge in [-0.15, -0.1) is 0 Å². The van der Waals surface area contributed by atoms with E-state index in [0.717, 1.165) is 24.3 Å². The molecule has 4 aromatic rings. The van der Waals surface area contributed by atoms with Crippen LogP contribution < -0.4 is 20.9 Å². The summed E-state index contributed by atoms with van der Waals surface area (Å²) in [5.74, 6) is -9.84. The van der Waals surface area contributed by atoms with Crippen LogP contribution in [0.3, 0.4) is 0 Å². The smallest absolute Gasteiger partial charge is 0.349 e. The van der Waals surface area contributed by atoms with E-state index in [2.05, 4.69) is 0 Å². The first-order valence-electron chi connectivity index (χ1n) is 10.3. The molecule has 0 saturated heterocycles. The zero-order valence-electron chi connectivity index (χ0n) is 18.2. The van der Waals surface area contributed by atoms with Gasteiger partial charge in [0, 0.05) is 11.4 Å². The third kappa shape index (κ3) is 4.83. The molecule has 0 aliphatic carbocycles. The number of benzene rings is 4. The molecule has 182 valence electrons. The fraction of sp³-hybridized carbons (Fsp3) is 0. The number of rotatable bonds is 5. The molecule has 0 atom stereocenters. The fourth-order valence-electron chi connectivity index (χ4n) is 3.23. The van der Waals surface area contributed by atoms with Crippen LogP contribution in [0.5, 0.6) is 11.5 Å². The molecule has 6 nitrogen and oxygen atoms in total. The maximum absolute atomic E-state index is 14.8. The van der Waals surface area contributed by atoms with Crippen LogP contribution in [0.2, 0.25) is 0 Å². The molecule has 0 heterocycles. The van der Waals surface area contributed by atoms with Crippen LogP contribution in [0.4, 0.5) is 28.9 Å². The molecular weight excluding hydrogens is 480 g/mol. The quantitative estimate of drug-likeness (QED) is 0.124. The number of carbonyl (C=O) groups is 2. The Morgan fingerprint density at radius 1 is 0.556 bits per heavy atom. The highest BCUT2D eigenvalue weighted by molar-refractivity contribution is 5.93. The Labute approximate surface area is 201 Å². The third-order valence-electron chi connectivity index (χ3n) is 5.06. The third-order valence-corrected chi connectivity index (χ3v) is 5.06. The molecule has 0 bridgehead atoms. The van der Waals surface area contributed by atoms with Gasteiger partial charge in [0.2, 0.25) is 0 Å². The van der Waals surface area contributed by atoms with Crippen molar-refractivity contribution in [3.8, 4) is 22.6 Å². The molecule has 0 unspecified atom stereocenters. The molecular formula is C26H16F4N2O4. The Kier molecular flexibility index (Phi) is 6.60. The minimum atomic E-state index is -1.93. The second-order valence-corrected chi connectivity index (χ2v) is 7.50. The molecule has 0 aromatic heterocycles. The number of hydrogen-bond acceptors (Lipinski definition) is 6. The highest BCUT2D eigenvalue weighted by Crippen LogP contribution is 2.33. The lowest BCUT2D eigenvalue weighted by Gasteiger charge is -2.12. The van der Waals surface area contributed by atoms with E-state index in [9.17, 15) is 27.2 Å². The van der Waals surface area contributed by atoms with E-state index in [0.29, 0.717) is 11.4 Å². The predicted octanol–water partition coefficient (Wildman–Crippen LogP) is 5.51. The van der Waals surface area contributed by atoms with Crippen molar-refractivity contribution in [1.29, 1.82) is 0 Å². The lowest BCUT2D eigenvalue weighted by molar-refractivity contribution is 0.0716. The van der Waals surface area contributed by atoms with Crippen LogP contribution in [0.15, 0.2) is 72.8 Å². The van der Waals surface area contributed by atoms with Gasteiger partial charge in [-0.25, -0.2) is 27.2 Å². The lowest BCUT2D eigenvalue weighted by Crippen LogP contribution is -2.17. The average Bonchev–Trinajstić information content (AvgIpc) is 2.86. The standard InChI is InChI=1S/C26H16F4N2O4/c27-21-19(13-1-3-14(4-2-13)25(33)35-17-9-5-15(31)6-10-17)22(28)24(30)20(23(21)29)26(34)36-18-11-7-16(32)8-12-18/h1-12H,31-32H2. The zero-order chi connectivity index (χ0) is 26.0. The molecule has 0 saturated carbocycles. The van der Waals surface area contributed by atoms with Crippen LogP contribution in [0.25, 0.3) is 11.1 Å². The molecule has 0 amide bonds. The number of carbonyl (C=O) groups excluding carboxylic acids is 2. The summed E-state index contributed by atoms with van der Waals surface area (Å²) >= 11 is 0. The van der Waals surface area contributed by atoms with Gasteiger partial charge in [0.05, 0.1) is 11.1 Å². The van der Waals surface area contributed by atoms with E-state index in [1.807, 2.05) is 0 Å². The number of esters is 2. The van der Waals surface area contributed by atoms with Crippen molar-refractivity contribution < 1.29 is 36.6 Å². The fourth-order valence-corrected chi connectivity index (χ4v) is 3.23. The van der Waals surface area contributed by atoms with Crippen molar-refractivity contribution >= 4 is 23.3 Å². The summed E-state index contributed by atoms with van der Waals surface area (Å²) in [6.07, 6.45) is 0. The highest BCUT2D eigenvalue weighted by Gasteiger charge is 2.31. The Balaban J connectivity index is 1.61. The predicted molar refractivity (Wildman–Crippen MR) is 123 cm³/mol. The molecule has 4 aromatic carbocycles. The largest absolute Gasteiger partial charge is 0.423 e. The summed E-state index contributed by atoms with van der Waals surface area (Å²) in [7, 11) is 0. The van der Waals surface area contributed by atoms with E-state index in [1.165, 1.54) is 48.5 Å². The van der Waals surface area contributed by atoms with Gasteiger partial charge in [0.15, 0.2) is 23.3 Å². The van der Waals surface area contributed by atoms with Crippen molar-refractivity contribution in [3.05, 3.63) is 107 Å². The van der Waals surface area contributed by atoms with Crippen molar-refractivity contribution in [2.75, 3.05) is 11.5 Å². The van der Waals surface area contributed by atoms with E-state index < -0.39 is 46.3 Å². The summed E-state index contributed by atoms with van der Waals surface area (Å²) in [4.78, 5) is 24.6. The minimum Gasteiger partial charge on any atom is -0.423 e. The number of halogens is 4. The normalized spacial score (nSPS) is 10.7. The lowest BCUT2D eigenvalue weighted by atomic mass is 9.99. The molecule has 10 heteroatoms. The first-order valence-corrected chi connectivity index (χ1v) is 10.3. The monoisotopic (exact) mass is 496 g/mol. The average molecular weight is 496 g/mol. The molecule has 4 rings (SSSR count). The van der Waals surface area contributed by atoms with Crippen LogP contribution in [0, 0.1) is 23.3 Å². The second kappa shape index (κ2) is 9.79. The van der Waals surface area contributed by atoms with Crippen molar-refractivity contribution in [2.24, 2.45) is 0 Å². The minimum absolute atomic E-state index is 0.000955. The van der Waals surface area contributed by atoms with Gasteiger partial charge in [-0.1, -0.05) is 12.1 Å². The molecule has 36 heavy (non-hydrogen) atoms. The summed E-state index contributed by atoms with van der Waals surface area (Å²) in [6.45, 7) is 0. The Hall–Kier alpha value is -4.86. The van der Waals surface area contributed by atoms with E-state index in [4.69, 9.17) is 20.9 Å². The summed E-state index contributed by atoms with van der Waals surface area (Å²) in [5, 5.41) is 0. The Morgan fingerprint density at radius 3 is 1.42 bits per heavy atom. The highest BCUT2D eigenvalue weighted by atomic mass is 19.2. The van der Waals surface area contributed by atoms with Crippen LogP contribution in [-0.4, -0.2) is 11.9 Å². The maximum atomic E-state index is 14.8. The van der Waals surface area contributed by atoms with Crippen LogP contribution >= 0.6 is 0 Å². The van der Waals surface area contributed by atoms with E-state index in [-0.39, 0.29) is 22.6 Å². The maximum Gasteiger partial charge on any atom is 0.349 e. The van der Waals surface area contributed by atoms with E-state index >= 15 is 0 Å². The SMILES string of the molecule is Nc1ccc(OC(=O)c2ccc(-c3c(F)c(F)c(C(=O)Oc4ccc(N)cc4)c(F)c3F)cc2)cc1. The summed E-state index contributed by atoms with van der Waals surface area (Å²) in [5.41, 5.74) is 8.99. The molecule has 0 aliphatic rings. The molecule has 0 fully saturated rings. The second-order valence-electron chi connectivity index (χ2n) is 7.50. The van der Waals surface area contributed by atoms with Gasteiger partial charge in [-0.2, -0.15) is 0 Å². The topological polar surface area (TPSA) is 105 Å². The first kappa shape index (κ1) is 24.3. The Bertz CT molecular complexity index is 1430. The summed E-state index contributed by atoms with van der Waals surface area (Å²) in [6, 6.07) is 15.6. The van der Waals surface area contributed by atoms with Gasteiger partial charge in [-0.05, 0) is 66.2 Å². The summed E-state index contributed by atoms with van der Waals surface area (Å²) < 4.78 is 69.0. The zero-order valence-corrected chi connectivity index (χ0v) is 18.2. The molecule has 4 N–H and O–H groups in total. The van der Waals surface area contributed by atoms with Crippen molar-refractivity contribution in [3.63, 3.8) is 0 Å². The number of anilines is 2.